The van der Waals surface area contributed by atoms with Gasteiger partial charge in [0, 0.05) is 79.3 Å². The fourth-order valence-corrected chi connectivity index (χ4v) is 3.05. The molecule has 0 radical (unpaired) electrons. The van der Waals surface area contributed by atoms with Crippen molar-refractivity contribution in [3.8, 4) is 0 Å². The molecule has 0 fully saturated rings. The molecular formula is C26H52N6O6. The Bertz CT molecular complexity index is 687. The lowest BCUT2D eigenvalue weighted by Gasteiger charge is -2.24. The number of carbonyl (C=O) groups excluding carboxylic acids is 4. The lowest BCUT2D eigenvalue weighted by atomic mass is 10.2. The number of hydrogen-bond donors (Lipinski definition) is 2. The Morgan fingerprint density at radius 2 is 0.868 bits per heavy atom. The summed E-state index contributed by atoms with van der Waals surface area (Å²) < 4.78 is 10.4. The minimum absolute atomic E-state index is 0.00554. The molecule has 0 saturated carbocycles. The second-order valence-corrected chi connectivity index (χ2v) is 11.6. The Balaban J connectivity index is 4.06. The maximum absolute atomic E-state index is 12.4. The highest BCUT2D eigenvalue weighted by Crippen LogP contribution is 2.07. The first-order chi connectivity index (χ1) is 17.4. The van der Waals surface area contributed by atoms with Crippen LogP contribution < -0.4 is 10.6 Å². The molecule has 38 heavy (non-hydrogen) atoms. The van der Waals surface area contributed by atoms with Crippen molar-refractivity contribution < 1.29 is 28.7 Å². The van der Waals surface area contributed by atoms with Gasteiger partial charge in [0.15, 0.2) is 0 Å². The molecule has 0 aromatic rings. The minimum atomic E-state index is -0.557. The number of nitrogens with one attached hydrogen (secondary N) is 2. The SMILES string of the molecule is CN(CCC(=O)N(C)CCNC(=O)OC(C)(C)C)CCN(C)CCC(=O)N(C)CCNC(=O)OC(C)(C)C. The monoisotopic (exact) mass is 544 g/mol. The van der Waals surface area contributed by atoms with Gasteiger partial charge in [-0.2, -0.15) is 0 Å². The van der Waals surface area contributed by atoms with Crippen LogP contribution in [-0.4, -0.2) is 135 Å². The number of hydrogen-bond acceptors (Lipinski definition) is 8. The molecule has 0 aliphatic rings. The third kappa shape index (κ3) is 19.5. The second-order valence-electron chi connectivity index (χ2n) is 11.6. The quantitative estimate of drug-likeness (QED) is 0.319. The fourth-order valence-electron chi connectivity index (χ4n) is 3.05. The van der Waals surface area contributed by atoms with Gasteiger partial charge < -0.3 is 39.7 Å². The largest absolute Gasteiger partial charge is 0.444 e. The van der Waals surface area contributed by atoms with Gasteiger partial charge in [0.2, 0.25) is 11.8 Å². The van der Waals surface area contributed by atoms with Crippen molar-refractivity contribution in [1.29, 1.82) is 0 Å². The van der Waals surface area contributed by atoms with Gasteiger partial charge in [-0.15, -0.1) is 0 Å². The maximum atomic E-state index is 12.4. The average Bonchev–Trinajstić information content (AvgIpc) is 2.76. The summed E-state index contributed by atoms with van der Waals surface area (Å²) in [6.07, 6.45) is -0.232. The van der Waals surface area contributed by atoms with E-state index in [4.69, 9.17) is 9.47 Å². The molecule has 12 nitrogen and oxygen atoms in total. The Hall–Kier alpha value is -2.60. The van der Waals surface area contributed by atoms with Gasteiger partial charge in [-0.3, -0.25) is 9.59 Å². The Morgan fingerprint density at radius 3 is 1.16 bits per heavy atom. The van der Waals surface area contributed by atoms with Crippen LogP contribution in [0, 0.1) is 0 Å². The van der Waals surface area contributed by atoms with Crippen LogP contribution >= 0.6 is 0 Å². The zero-order valence-corrected chi connectivity index (χ0v) is 25.3. The molecule has 0 rings (SSSR count). The van der Waals surface area contributed by atoms with Crippen molar-refractivity contribution in [1.82, 2.24) is 30.2 Å². The Kier molecular flexibility index (Phi) is 15.9. The summed E-state index contributed by atoms with van der Waals surface area (Å²) in [7, 11) is 7.35. The van der Waals surface area contributed by atoms with E-state index >= 15 is 0 Å². The molecule has 4 amide bonds. The number of alkyl carbamates (subject to hydrolysis) is 2. The normalized spacial score (nSPS) is 11.8. The molecule has 0 bridgehead atoms. The van der Waals surface area contributed by atoms with Crippen molar-refractivity contribution in [2.24, 2.45) is 0 Å². The number of likely N-dealkylation sites (N-methyl/N-ethyl adjacent to an activating group) is 4. The van der Waals surface area contributed by atoms with E-state index in [1.165, 1.54) is 0 Å². The van der Waals surface area contributed by atoms with Crippen molar-refractivity contribution in [2.45, 2.75) is 65.6 Å². The summed E-state index contributed by atoms with van der Waals surface area (Å²) in [6.45, 7) is 15.0. The van der Waals surface area contributed by atoms with Gasteiger partial charge in [0.1, 0.15) is 11.2 Å². The molecule has 0 aromatic heterocycles. The van der Waals surface area contributed by atoms with Gasteiger partial charge in [-0.1, -0.05) is 0 Å². The molecule has 0 atom stereocenters. The predicted octanol–water partition coefficient (Wildman–Crippen LogP) is 1.60. The number of ether oxygens (including phenoxy) is 2. The van der Waals surface area contributed by atoms with Gasteiger partial charge in [-0.05, 0) is 55.6 Å². The fraction of sp³-hybridized carbons (Fsp3) is 0.846. The van der Waals surface area contributed by atoms with E-state index in [2.05, 4.69) is 20.4 Å². The van der Waals surface area contributed by atoms with Crippen LogP contribution in [0.2, 0.25) is 0 Å². The molecule has 0 saturated heterocycles. The topological polar surface area (TPSA) is 124 Å². The van der Waals surface area contributed by atoms with E-state index in [1.807, 2.05) is 14.1 Å². The first-order valence-electron chi connectivity index (χ1n) is 13.2. The highest BCUT2D eigenvalue weighted by Gasteiger charge is 2.18. The van der Waals surface area contributed by atoms with E-state index in [0.717, 1.165) is 13.1 Å². The van der Waals surface area contributed by atoms with E-state index < -0.39 is 23.4 Å². The van der Waals surface area contributed by atoms with Crippen LogP contribution in [0.25, 0.3) is 0 Å². The summed E-state index contributed by atoms with van der Waals surface area (Å²) in [5.41, 5.74) is -1.11. The zero-order chi connectivity index (χ0) is 29.5. The van der Waals surface area contributed by atoms with Crippen LogP contribution in [0.3, 0.4) is 0 Å². The number of carbonyl (C=O) groups is 4. The molecule has 0 unspecified atom stereocenters. The minimum Gasteiger partial charge on any atom is -0.444 e. The lowest BCUT2D eigenvalue weighted by molar-refractivity contribution is -0.131. The Labute approximate surface area is 229 Å². The molecule has 12 heteroatoms. The van der Waals surface area contributed by atoms with Gasteiger partial charge >= 0.3 is 12.2 Å². The van der Waals surface area contributed by atoms with E-state index in [1.54, 1.807) is 65.4 Å². The van der Waals surface area contributed by atoms with Crippen molar-refractivity contribution in [2.75, 3.05) is 80.5 Å². The van der Waals surface area contributed by atoms with Crippen LogP contribution in [0.4, 0.5) is 9.59 Å². The standard InChI is InChI=1S/C26H52N6O6/c1-25(2,3)37-23(35)27-13-17-31(9)21(33)11-15-29(7)19-20-30(8)16-12-22(34)32(10)18-14-28-24(36)38-26(4,5)6/h11-20H2,1-10H3,(H,27,35)(H,28,36). The van der Waals surface area contributed by atoms with Crippen LogP contribution in [-0.2, 0) is 19.1 Å². The molecule has 0 spiro atoms. The summed E-state index contributed by atoms with van der Waals surface area (Å²) >= 11 is 0. The third-order valence-electron chi connectivity index (χ3n) is 5.36. The van der Waals surface area contributed by atoms with Crippen molar-refractivity contribution >= 4 is 24.0 Å². The number of rotatable bonds is 15. The molecule has 0 aliphatic heterocycles. The molecule has 0 aliphatic carbocycles. The predicted molar refractivity (Wildman–Crippen MR) is 148 cm³/mol. The summed E-state index contributed by atoms with van der Waals surface area (Å²) in [4.78, 5) is 55.5. The van der Waals surface area contributed by atoms with Crippen LogP contribution in [0.15, 0.2) is 0 Å². The highest BCUT2D eigenvalue weighted by molar-refractivity contribution is 5.76. The first kappa shape index (κ1) is 35.4. The molecule has 2 N–H and O–H groups in total. The summed E-state index contributed by atoms with van der Waals surface area (Å²) in [5, 5.41) is 5.30. The Morgan fingerprint density at radius 1 is 0.553 bits per heavy atom. The molecule has 222 valence electrons. The highest BCUT2D eigenvalue weighted by atomic mass is 16.6. The smallest absolute Gasteiger partial charge is 0.407 e. The first-order valence-corrected chi connectivity index (χ1v) is 13.2. The van der Waals surface area contributed by atoms with Crippen molar-refractivity contribution in [3.05, 3.63) is 0 Å². The number of amides is 4. The molecule has 0 heterocycles. The van der Waals surface area contributed by atoms with E-state index in [0.29, 0.717) is 52.1 Å². The summed E-state index contributed by atoms with van der Waals surface area (Å²) in [6, 6.07) is 0. The van der Waals surface area contributed by atoms with E-state index in [-0.39, 0.29) is 11.8 Å². The lowest BCUT2D eigenvalue weighted by Crippen LogP contribution is -2.40. The average molecular weight is 545 g/mol. The van der Waals surface area contributed by atoms with Gasteiger partial charge in [0.25, 0.3) is 0 Å². The van der Waals surface area contributed by atoms with Crippen molar-refractivity contribution in [3.63, 3.8) is 0 Å². The molecular weight excluding hydrogens is 492 g/mol. The second kappa shape index (κ2) is 17.1. The zero-order valence-electron chi connectivity index (χ0n) is 25.3. The van der Waals surface area contributed by atoms with E-state index in [9.17, 15) is 19.2 Å². The van der Waals surface area contributed by atoms with Gasteiger partial charge in [0.05, 0.1) is 0 Å². The third-order valence-corrected chi connectivity index (χ3v) is 5.36. The summed E-state index contributed by atoms with van der Waals surface area (Å²) in [5.74, 6) is 0.0111. The maximum Gasteiger partial charge on any atom is 0.407 e. The van der Waals surface area contributed by atoms with Gasteiger partial charge in [-0.25, -0.2) is 9.59 Å². The molecule has 0 aromatic carbocycles. The van der Waals surface area contributed by atoms with Crippen LogP contribution in [0.5, 0.6) is 0 Å². The van der Waals surface area contributed by atoms with Crippen LogP contribution in [0.1, 0.15) is 54.4 Å². The number of nitrogens with zero attached hydrogens (tertiary/aromatic N) is 4.